The Hall–Kier alpha value is -2.38. The number of carbonyl (C=O) groups is 1. The normalized spacial score (nSPS) is 11.4. The summed E-state index contributed by atoms with van der Waals surface area (Å²) in [5, 5.41) is 3.89. The molecule has 0 spiro atoms. The average Bonchev–Trinajstić information content (AvgIpc) is 2.72. The zero-order valence-electron chi connectivity index (χ0n) is 17.1. The summed E-state index contributed by atoms with van der Waals surface area (Å²) in [6.07, 6.45) is 0.463. The van der Waals surface area contributed by atoms with Crippen LogP contribution in [-0.2, 0) is 21.2 Å². The number of hydrogen-bond acceptors (Lipinski definition) is 3. The van der Waals surface area contributed by atoms with Crippen molar-refractivity contribution in [2.45, 2.75) is 25.2 Å². The van der Waals surface area contributed by atoms with Gasteiger partial charge in [-0.2, -0.15) is 0 Å². The molecule has 2 N–H and O–H groups in total. The van der Waals surface area contributed by atoms with E-state index in [9.17, 15) is 13.2 Å². The maximum Gasteiger partial charge on any atom is 0.241 e. The monoisotopic (exact) mass is 476 g/mol. The lowest BCUT2D eigenvalue weighted by atomic mass is 10.0. The van der Waals surface area contributed by atoms with E-state index in [2.05, 4.69) is 10.0 Å². The second-order valence-electron chi connectivity index (χ2n) is 7.19. The number of anilines is 1. The van der Waals surface area contributed by atoms with E-state index in [-0.39, 0.29) is 4.90 Å². The lowest BCUT2D eigenvalue weighted by molar-refractivity contribution is -0.115. The van der Waals surface area contributed by atoms with E-state index < -0.39 is 22.5 Å². The standard InChI is InChI=1S/C23H22Cl2N2O3S/c1-15-7-9-20(11-16(15)2)31(29,30)26-14-23(28)27-22-10-8-19(24)13-18(22)12-17-5-3-4-6-21(17)25/h3-11,13,26H,12,14H2,1-2H3,(H,27,28). The summed E-state index contributed by atoms with van der Waals surface area (Å²) in [7, 11) is -3.81. The third-order valence-electron chi connectivity index (χ3n) is 4.89. The summed E-state index contributed by atoms with van der Waals surface area (Å²) in [6, 6.07) is 17.3. The summed E-state index contributed by atoms with van der Waals surface area (Å²) < 4.78 is 27.4. The quantitative estimate of drug-likeness (QED) is 0.496. The molecule has 31 heavy (non-hydrogen) atoms. The first-order chi connectivity index (χ1) is 14.7. The van der Waals surface area contributed by atoms with E-state index in [0.717, 1.165) is 22.3 Å². The van der Waals surface area contributed by atoms with Gasteiger partial charge in [0.2, 0.25) is 15.9 Å². The topological polar surface area (TPSA) is 75.3 Å². The van der Waals surface area contributed by atoms with Crippen molar-refractivity contribution < 1.29 is 13.2 Å². The van der Waals surface area contributed by atoms with Gasteiger partial charge in [0, 0.05) is 22.2 Å². The number of halogens is 2. The second-order valence-corrected chi connectivity index (χ2v) is 9.80. The van der Waals surface area contributed by atoms with E-state index in [0.29, 0.717) is 22.2 Å². The number of hydrogen-bond donors (Lipinski definition) is 2. The molecule has 3 aromatic carbocycles. The lowest BCUT2D eigenvalue weighted by Gasteiger charge is -2.13. The number of aryl methyl sites for hydroxylation is 2. The fraction of sp³-hybridized carbons (Fsp3) is 0.174. The Morgan fingerprint density at radius 3 is 2.35 bits per heavy atom. The van der Waals surface area contributed by atoms with Gasteiger partial charge >= 0.3 is 0 Å². The average molecular weight is 477 g/mol. The van der Waals surface area contributed by atoms with Gasteiger partial charge in [0.1, 0.15) is 0 Å². The van der Waals surface area contributed by atoms with Crippen LogP contribution in [0, 0.1) is 13.8 Å². The molecule has 0 aromatic heterocycles. The Morgan fingerprint density at radius 1 is 0.903 bits per heavy atom. The van der Waals surface area contributed by atoms with Crippen molar-refractivity contribution in [1.82, 2.24) is 4.72 Å². The number of sulfonamides is 1. The lowest BCUT2D eigenvalue weighted by Crippen LogP contribution is -2.33. The van der Waals surface area contributed by atoms with Crippen molar-refractivity contribution in [2.24, 2.45) is 0 Å². The minimum absolute atomic E-state index is 0.120. The molecule has 3 aromatic rings. The molecule has 0 heterocycles. The number of nitrogens with one attached hydrogen (secondary N) is 2. The highest BCUT2D eigenvalue weighted by molar-refractivity contribution is 7.89. The number of benzene rings is 3. The minimum atomic E-state index is -3.81. The predicted octanol–water partition coefficient (Wildman–Crippen LogP) is 5.12. The van der Waals surface area contributed by atoms with Crippen molar-refractivity contribution in [2.75, 3.05) is 11.9 Å². The highest BCUT2D eigenvalue weighted by Gasteiger charge is 2.17. The molecule has 3 rings (SSSR count). The van der Waals surface area contributed by atoms with Crippen LogP contribution in [0.1, 0.15) is 22.3 Å². The first-order valence-corrected chi connectivity index (χ1v) is 11.8. The maximum atomic E-state index is 12.5. The van der Waals surface area contributed by atoms with Crippen LogP contribution in [0.15, 0.2) is 65.6 Å². The number of carbonyl (C=O) groups excluding carboxylic acids is 1. The van der Waals surface area contributed by atoms with Gasteiger partial charge in [0.15, 0.2) is 0 Å². The molecule has 162 valence electrons. The molecule has 0 fully saturated rings. The first-order valence-electron chi connectivity index (χ1n) is 9.54. The predicted molar refractivity (Wildman–Crippen MR) is 125 cm³/mol. The van der Waals surface area contributed by atoms with Crippen LogP contribution >= 0.6 is 23.2 Å². The summed E-state index contributed by atoms with van der Waals surface area (Å²) in [6.45, 7) is 3.34. The molecular weight excluding hydrogens is 455 g/mol. The second kappa shape index (κ2) is 9.83. The molecule has 0 atom stereocenters. The fourth-order valence-electron chi connectivity index (χ4n) is 3.00. The van der Waals surface area contributed by atoms with Gasteiger partial charge in [0.05, 0.1) is 11.4 Å². The van der Waals surface area contributed by atoms with Gasteiger partial charge in [-0.05, 0) is 72.5 Å². The zero-order valence-corrected chi connectivity index (χ0v) is 19.4. The van der Waals surface area contributed by atoms with E-state index in [1.54, 1.807) is 36.4 Å². The van der Waals surface area contributed by atoms with Crippen molar-refractivity contribution in [1.29, 1.82) is 0 Å². The van der Waals surface area contributed by atoms with Crippen LogP contribution < -0.4 is 10.0 Å². The SMILES string of the molecule is Cc1ccc(S(=O)(=O)NCC(=O)Nc2ccc(Cl)cc2Cc2ccccc2Cl)cc1C. The molecule has 0 bridgehead atoms. The van der Waals surface area contributed by atoms with Crippen LogP contribution in [0.25, 0.3) is 0 Å². The van der Waals surface area contributed by atoms with Crippen molar-refractivity contribution >= 4 is 44.8 Å². The van der Waals surface area contributed by atoms with Crippen LogP contribution in [-0.4, -0.2) is 20.9 Å². The number of amides is 1. The third kappa shape index (κ3) is 6.08. The first kappa shape index (κ1) is 23.3. The molecule has 0 unspecified atom stereocenters. The molecule has 1 amide bonds. The van der Waals surface area contributed by atoms with Gasteiger partial charge in [0.25, 0.3) is 0 Å². The van der Waals surface area contributed by atoms with Crippen molar-refractivity contribution in [3.05, 3.63) is 93.0 Å². The minimum Gasteiger partial charge on any atom is -0.325 e. The summed E-state index contributed by atoms with van der Waals surface area (Å²) in [5.41, 5.74) is 4.05. The van der Waals surface area contributed by atoms with Crippen LogP contribution in [0.4, 0.5) is 5.69 Å². The smallest absolute Gasteiger partial charge is 0.241 e. The Morgan fingerprint density at radius 2 is 1.65 bits per heavy atom. The van der Waals surface area contributed by atoms with E-state index in [1.165, 1.54) is 6.07 Å². The fourth-order valence-corrected chi connectivity index (χ4v) is 4.46. The van der Waals surface area contributed by atoms with Crippen molar-refractivity contribution in [3.8, 4) is 0 Å². The van der Waals surface area contributed by atoms with Gasteiger partial charge in [-0.15, -0.1) is 0 Å². The van der Waals surface area contributed by atoms with Gasteiger partial charge < -0.3 is 5.32 Å². The highest BCUT2D eigenvalue weighted by atomic mass is 35.5. The Bertz CT molecular complexity index is 1230. The molecule has 0 aliphatic rings. The van der Waals surface area contributed by atoms with Crippen LogP contribution in [0.3, 0.4) is 0 Å². The summed E-state index contributed by atoms with van der Waals surface area (Å²) in [5.74, 6) is -0.491. The molecular formula is C23H22Cl2N2O3S. The Kier molecular flexibility index (Phi) is 7.38. The van der Waals surface area contributed by atoms with Gasteiger partial charge in [-0.3, -0.25) is 4.79 Å². The van der Waals surface area contributed by atoms with Gasteiger partial charge in [-0.25, -0.2) is 13.1 Å². The molecule has 0 saturated carbocycles. The van der Waals surface area contributed by atoms with Crippen molar-refractivity contribution in [3.63, 3.8) is 0 Å². The zero-order chi connectivity index (χ0) is 22.6. The Balaban J connectivity index is 1.72. The molecule has 8 heteroatoms. The maximum absolute atomic E-state index is 12.5. The number of rotatable bonds is 7. The molecule has 5 nitrogen and oxygen atoms in total. The molecule has 0 aliphatic heterocycles. The highest BCUT2D eigenvalue weighted by Crippen LogP contribution is 2.26. The van der Waals surface area contributed by atoms with E-state index in [4.69, 9.17) is 23.2 Å². The molecule has 0 radical (unpaired) electrons. The largest absolute Gasteiger partial charge is 0.325 e. The van der Waals surface area contributed by atoms with Crippen LogP contribution in [0.2, 0.25) is 10.0 Å². The molecule has 0 aliphatic carbocycles. The summed E-state index contributed by atoms with van der Waals surface area (Å²) in [4.78, 5) is 12.6. The summed E-state index contributed by atoms with van der Waals surface area (Å²) >= 11 is 12.4. The third-order valence-corrected chi connectivity index (χ3v) is 6.89. The van der Waals surface area contributed by atoms with Crippen LogP contribution in [0.5, 0.6) is 0 Å². The van der Waals surface area contributed by atoms with Gasteiger partial charge in [-0.1, -0.05) is 47.5 Å². The Labute approximate surface area is 192 Å². The van der Waals surface area contributed by atoms with E-state index >= 15 is 0 Å². The molecule has 0 saturated heterocycles. The van der Waals surface area contributed by atoms with E-state index in [1.807, 2.05) is 32.0 Å².